The summed E-state index contributed by atoms with van der Waals surface area (Å²) in [4.78, 5) is 12.4. The van der Waals surface area contributed by atoms with Crippen molar-refractivity contribution in [3.8, 4) is 6.07 Å². The number of nitrogens with one attached hydrogen (secondary N) is 1. The summed E-state index contributed by atoms with van der Waals surface area (Å²) in [7, 11) is 0. The topological polar surface area (TPSA) is 52.9 Å². The summed E-state index contributed by atoms with van der Waals surface area (Å²) in [5.41, 5.74) is 5.02. The molecule has 3 nitrogen and oxygen atoms in total. The number of rotatable bonds is 5. The Bertz CT molecular complexity index is 1050. The summed E-state index contributed by atoms with van der Waals surface area (Å²) in [6.07, 6.45) is 2.41. The predicted molar refractivity (Wildman–Crippen MR) is 117 cm³/mol. The van der Waals surface area contributed by atoms with E-state index in [4.69, 9.17) is 0 Å². The van der Waals surface area contributed by atoms with E-state index in [0.717, 1.165) is 27.6 Å². The molecule has 0 fully saturated rings. The second kappa shape index (κ2) is 9.16. The first-order chi connectivity index (χ1) is 13.5. The van der Waals surface area contributed by atoms with Crippen molar-refractivity contribution in [3.63, 3.8) is 0 Å². The summed E-state index contributed by atoms with van der Waals surface area (Å²) in [6.45, 7) is 1.98. The van der Waals surface area contributed by atoms with Crippen LogP contribution in [0.5, 0.6) is 0 Å². The third-order valence-corrected chi connectivity index (χ3v) is 5.09. The van der Waals surface area contributed by atoms with Gasteiger partial charge in [0.15, 0.2) is 0 Å². The SMILES string of the molecule is Cc1ccc(NC(=O)/C(C#N)=C/c2ccc(Cc3ccccc3Br)cc2)cc1. The van der Waals surface area contributed by atoms with Gasteiger partial charge in [0, 0.05) is 10.2 Å². The maximum atomic E-state index is 12.4. The number of nitrogens with zero attached hydrogens (tertiary/aromatic N) is 1. The van der Waals surface area contributed by atoms with Gasteiger partial charge >= 0.3 is 0 Å². The van der Waals surface area contributed by atoms with Crippen LogP contribution in [-0.2, 0) is 11.2 Å². The maximum Gasteiger partial charge on any atom is 0.266 e. The van der Waals surface area contributed by atoms with Crippen LogP contribution >= 0.6 is 15.9 Å². The molecule has 0 radical (unpaired) electrons. The average Bonchev–Trinajstić information content (AvgIpc) is 2.70. The Morgan fingerprint density at radius 1 is 1.04 bits per heavy atom. The average molecular weight is 431 g/mol. The molecule has 28 heavy (non-hydrogen) atoms. The Labute approximate surface area is 173 Å². The largest absolute Gasteiger partial charge is 0.321 e. The van der Waals surface area contributed by atoms with Gasteiger partial charge in [0.1, 0.15) is 11.6 Å². The van der Waals surface area contributed by atoms with Crippen molar-refractivity contribution >= 4 is 33.6 Å². The van der Waals surface area contributed by atoms with Crippen LogP contribution < -0.4 is 5.32 Å². The van der Waals surface area contributed by atoms with Crippen molar-refractivity contribution in [2.24, 2.45) is 0 Å². The highest BCUT2D eigenvalue weighted by atomic mass is 79.9. The lowest BCUT2D eigenvalue weighted by Gasteiger charge is -2.06. The molecule has 0 aromatic heterocycles. The Balaban J connectivity index is 1.72. The number of carbonyl (C=O) groups is 1. The summed E-state index contributed by atoms with van der Waals surface area (Å²) in [6, 6.07) is 25.4. The standard InChI is InChI=1S/C24H19BrN2O/c1-17-6-12-22(13-7-17)27-24(28)21(16-26)15-19-10-8-18(9-11-19)14-20-4-2-3-5-23(20)25/h2-13,15H,14H2,1H3,(H,27,28)/b21-15+. The second-order valence-corrected chi connectivity index (χ2v) is 7.35. The van der Waals surface area contributed by atoms with Crippen molar-refractivity contribution in [3.05, 3.63) is 105 Å². The fourth-order valence-corrected chi connectivity index (χ4v) is 3.17. The van der Waals surface area contributed by atoms with Crippen LogP contribution in [0.25, 0.3) is 6.08 Å². The Morgan fingerprint density at radius 3 is 2.36 bits per heavy atom. The predicted octanol–water partition coefficient (Wildman–Crippen LogP) is 5.89. The van der Waals surface area contributed by atoms with E-state index < -0.39 is 5.91 Å². The van der Waals surface area contributed by atoms with Crippen LogP contribution in [0.2, 0.25) is 0 Å². The molecule has 138 valence electrons. The van der Waals surface area contributed by atoms with Crippen LogP contribution in [0.15, 0.2) is 82.8 Å². The van der Waals surface area contributed by atoms with E-state index in [2.05, 4.69) is 27.3 Å². The first-order valence-electron chi connectivity index (χ1n) is 8.87. The molecule has 0 bridgehead atoms. The van der Waals surface area contributed by atoms with Gasteiger partial charge < -0.3 is 5.32 Å². The molecule has 0 unspecified atom stereocenters. The number of aryl methyl sites for hydroxylation is 1. The molecule has 3 aromatic rings. The van der Waals surface area contributed by atoms with E-state index in [1.54, 1.807) is 6.08 Å². The lowest BCUT2D eigenvalue weighted by atomic mass is 10.0. The summed E-state index contributed by atoms with van der Waals surface area (Å²) in [5, 5.41) is 12.1. The summed E-state index contributed by atoms with van der Waals surface area (Å²) < 4.78 is 1.08. The Kier molecular flexibility index (Phi) is 6.41. The molecule has 0 aliphatic carbocycles. The lowest BCUT2D eigenvalue weighted by Crippen LogP contribution is -2.13. The minimum Gasteiger partial charge on any atom is -0.321 e. The molecule has 4 heteroatoms. The molecule has 0 heterocycles. The van der Waals surface area contributed by atoms with Crippen molar-refractivity contribution < 1.29 is 4.79 Å². The smallest absolute Gasteiger partial charge is 0.266 e. The van der Waals surface area contributed by atoms with Gasteiger partial charge in [-0.25, -0.2) is 0 Å². The third-order valence-electron chi connectivity index (χ3n) is 4.32. The molecule has 0 saturated carbocycles. The molecule has 0 spiro atoms. The van der Waals surface area contributed by atoms with Crippen molar-refractivity contribution in [2.75, 3.05) is 5.32 Å². The first-order valence-corrected chi connectivity index (χ1v) is 9.66. The Hall–Kier alpha value is -3.16. The zero-order valence-corrected chi connectivity index (χ0v) is 17.0. The number of nitriles is 1. The third kappa shape index (κ3) is 5.18. The van der Waals surface area contributed by atoms with Gasteiger partial charge in [-0.15, -0.1) is 0 Å². The second-order valence-electron chi connectivity index (χ2n) is 6.50. The molecule has 3 aromatic carbocycles. The van der Waals surface area contributed by atoms with E-state index in [1.807, 2.05) is 79.7 Å². The van der Waals surface area contributed by atoms with Crippen LogP contribution in [0.1, 0.15) is 22.3 Å². The molecular formula is C24H19BrN2O. The van der Waals surface area contributed by atoms with Crippen molar-refractivity contribution in [1.29, 1.82) is 5.26 Å². The number of carbonyl (C=O) groups excluding carboxylic acids is 1. The minimum atomic E-state index is -0.413. The van der Waals surface area contributed by atoms with E-state index in [-0.39, 0.29) is 5.57 Å². The molecule has 0 aliphatic heterocycles. The van der Waals surface area contributed by atoms with Gasteiger partial charge in [0.05, 0.1) is 0 Å². The molecule has 1 amide bonds. The van der Waals surface area contributed by atoms with Gasteiger partial charge in [0.25, 0.3) is 5.91 Å². The first kappa shape index (κ1) is 19.6. The zero-order chi connectivity index (χ0) is 19.9. The van der Waals surface area contributed by atoms with Crippen molar-refractivity contribution in [1.82, 2.24) is 0 Å². The molecule has 0 aliphatic rings. The quantitative estimate of drug-likeness (QED) is 0.404. The lowest BCUT2D eigenvalue weighted by molar-refractivity contribution is -0.112. The van der Waals surface area contributed by atoms with E-state index in [9.17, 15) is 10.1 Å². The highest BCUT2D eigenvalue weighted by molar-refractivity contribution is 9.10. The van der Waals surface area contributed by atoms with Crippen LogP contribution in [0.3, 0.4) is 0 Å². The van der Waals surface area contributed by atoms with Gasteiger partial charge in [-0.3, -0.25) is 4.79 Å². The molecule has 0 atom stereocenters. The number of benzene rings is 3. The van der Waals surface area contributed by atoms with Gasteiger partial charge in [-0.2, -0.15) is 5.26 Å². The molecule has 0 saturated heterocycles. The van der Waals surface area contributed by atoms with Gasteiger partial charge in [0.2, 0.25) is 0 Å². The molecule has 1 N–H and O–H groups in total. The normalized spacial score (nSPS) is 11.0. The van der Waals surface area contributed by atoms with Gasteiger partial charge in [-0.05, 0) is 54.3 Å². The fourth-order valence-electron chi connectivity index (χ4n) is 2.74. The highest BCUT2D eigenvalue weighted by Crippen LogP contribution is 2.20. The highest BCUT2D eigenvalue weighted by Gasteiger charge is 2.09. The van der Waals surface area contributed by atoms with Crippen LogP contribution in [-0.4, -0.2) is 5.91 Å². The Morgan fingerprint density at radius 2 is 1.71 bits per heavy atom. The maximum absolute atomic E-state index is 12.4. The van der Waals surface area contributed by atoms with Crippen LogP contribution in [0, 0.1) is 18.3 Å². The van der Waals surface area contributed by atoms with Gasteiger partial charge in [-0.1, -0.05) is 76.1 Å². The number of halogens is 1. The van der Waals surface area contributed by atoms with E-state index in [0.29, 0.717) is 5.69 Å². The minimum absolute atomic E-state index is 0.0686. The molecule has 3 rings (SSSR count). The number of anilines is 1. The summed E-state index contributed by atoms with van der Waals surface area (Å²) in [5.74, 6) is -0.413. The van der Waals surface area contributed by atoms with Crippen LogP contribution in [0.4, 0.5) is 5.69 Å². The van der Waals surface area contributed by atoms with Crippen molar-refractivity contribution in [2.45, 2.75) is 13.3 Å². The monoisotopic (exact) mass is 430 g/mol. The molecular weight excluding hydrogens is 412 g/mol. The summed E-state index contributed by atoms with van der Waals surface area (Å²) >= 11 is 3.57. The zero-order valence-electron chi connectivity index (χ0n) is 15.4. The number of hydrogen-bond acceptors (Lipinski definition) is 2. The van der Waals surface area contributed by atoms with E-state index >= 15 is 0 Å². The van der Waals surface area contributed by atoms with E-state index in [1.165, 1.54) is 5.56 Å². The number of amides is 1. The fraction of sp³-hybridized carbons (Fsp3) is 0.0833. The number of hydrogen-bond donors (Lipinski definition) is 1.